The maximum absolute atomic E-state index is 15.0. The van der Waals surface area contributed by atoms with Crippen LogP contribution >= 0.6 is 11.8 Å². The van der Waals surface area contributed by atoms with Crippen molar-refractivity contribution in [2.45, 2.75) is 107 Å². The normalized spacial score (nSPS) is 26.6. The fraction of sp³-hybridized carbons (Fsp3) is 0.564. The van der Waals surface area contributed by atoms with Gasteiger partial charge >= 0.3 is 18.3 Å². The predicted molar refractivity (Wildman–Crippen MR) is 191 cm³/mol. The van der Waals surface area contributed by atoms with Crippen molar-refractivity contribution in [3.63, 3.8) is 0 Å². The first-order valence-electron chi connectivity index (χ1n) is 18.6. The molecule has 2 amide bonds. The molecule has 0 bridgehead atoms. The summed E-state index contributed by atoms with van der Waals surface area (Å²) in [7, 11) is 0. The second-order valence-electron chi connectivity index (χ2n) is 14.8. The Morgan fingerprint density at radius 1 is 1.02 bits per heavy atom. The number of carboxylic acids is 1. The Hall–Kier alpha value is -4.14. The minimum absolute atomic E-state index is 0.00501. The van der Waals surface area contributed by atoms with Gasteiger partial charge in [-0.15, -0.1) is 11.8 Å². The Kier molecular flexibility index (Phi) is 12.1. The second kappa shape index (κ2) is 16.4. The van der Waals surface area contributed by atoms with Crippen molar-refractivity contribution < 1.29 is 55.3 Å². The number of alkyl halides is 6. The number of piperidine rings is 2. The van der Waals surface area contributed by atoms with Crippen molar-refractivity contribution in [1.82, 2.24) is 14.8 Å². The van der Waals surface area contributed by atoms with Crippen LogP contribution in [0.3, 0.4) is 0 Å². The fourth-order valence-corrected chi connectivity index (χ4v) is 9.27. The van der Waals surface area contributed by atoms with Gasteiger partial charge in [-0.25, -0.2) is 0 Å². The van der Waals surface area contributed by atoms with Gasteiger partial charge in [0.05, 0.1) is 52.7 Å². The molecule has 1 saturated carbocycles. The first-order valence-corrected chi connectivity index (χ1v) is 19.6. The molecule has 4 aliphatic rings. The number of aliphatic carboxylic acids is 1. The van der Waals surface area contributed by atoms with Crippen molar-refractivity contribution in [3.05, 3.63) is 76.0 Å². The third kappa shape index (κ3) is 8.29. The van der Waals surface area contributed by atoms with Gasteiger partial charge in [0, 0.05) is 31.6 Å². The van der Waals surface area contributed by atoms with Crippen LogP contribution in [0.1, 0.15) is 85.5 Å². The zero-order chi connectivity index (χ0) is 40.5. The summed E-state index contributed by atoms with van der Waals surface area (Å²) in [6.45, 7) is 1.97. The highest BCUT2D eigenvalue weighted by Crippen LogP contribution is 2.46. The number of amides is 2. The number of aromatic nitrogens is 1. The predicted octanol–water partition coefficient (Wildman–Crippen LogP) is 7.29. The lowest BCUT2D eigenvalue weighted by atomic mass is 9.71. The van der Waals surface area contributed by atoms with E-state index in [9.17, 15) is 46.3 Å². The highest BCUT2D eigenvalue weighted by Gasteiger charge is 2.57. The third-order valence-corrected chi connectivity index (χ3v) is 12.5. The number of carbonyl (C=O) groups excluding carboxylic acids is 2. The largest absolute Gasteiger partial charge is 0.481 e. The SMILES string of the molecule is CCC[C@H]1N(C(=O)c2ncccc2C(F)(F)F)CCC[C@@]1(OC1C=C(C(F)(F)F)SC1)C(=O)N1CCC(C#N)(c2ccccc2COC2CC(C(=O)O)C2)CC1. The topological polar surface area (TPSA) is 133 Å². The Labute approximate surface area is 324 Å². The van der Waals surface area contributed by atoms with Crippen LogP contribution in [0, 0.1) is 17.2 Å². The van der Waals surface area contributed by atoms with E-state index in [1.54, 1.807) is 19.1 Å². The molecule has 10 nitrogen and oxygen atoms in total. The molecule has 17 heteroatoms. The average Bonchev–Trinajstić information content (AvgIpc) is 3.63. The highest BCUT2D eigenvalue weighted by atomic mass is 32.2. The minimum atomic E-state index is -4.91. The number of hydrogen-bond acceptors (Lipinski definition) is 8. The first kappa shape index (κ1) is 41.5. The Balaban J connectivity index is 1.29. The summed E-state index contributed by atoms with van der Waals surface area (Å²) in [6.07, 6.45) is -7.32. The highest BCUT2D eigenvalue weighted by molar-refractivity contribution is 8.03. The number of rotatable bonds is 11. The third-order valence-electron chi connectivity index (χ3n) is 11.3. The molecule has 3 atom stereocenters. The van der Waals surface area contributed by atoms with Crippen molar-refractivity contribution >= 4 is 29.5 Å². The number of thioether (sulfide) groups is 1. The van der Waals surface area contributed by atoms with E-state index in [0.29, 0.717) is 36.6 Å². The van der Waals surface area contributed by atoms with E-state index in [1.807, 2.05) is 12.1 Å². The molecule has 1 aromatic heterocycles. The first-order chi connectivity index (χ1) is 26.5. The molecule has 1 aliphatic carbocycles. The van der Waals surface area contributed by atoms with E-state index in [-0.39, 0.29) is 70.2 Å². The van der Waals surface area contributed by atoms with E-state index in [0.717, 1.165) is 30.0 Å². The molecular formula is C39H42F6N4O6S. The molecule has 302 valence electrons. The number of ether oxygens (including phenoxy) is 2. The Bertz CT molecular complexity index is 1870. The summed E-state index contributed by atoms with van der Waals surface area (Å²) in [5, 5.41) is 19.9. The molecule has 2 aromatic rings. The number of nitriles is 1. The van der Waals surface area contributed by atoms with Gasteiger partial charge in [0.15, 0.2) is 5.60 Å². The molecule has 4 heterocycles. The van der Waals surface area contributed by atoms with Gasteiger partial charge < -0.3 is 24.4 Å². The molecular weight excluding hydrogens is 767 g/mol. The lowest BCUT2D eigenvalue weighted by Crippen LogP contribution is -2.68. The maximum Gasteiger partial charge on any atom is 0.422 e. The van der Waals surface area contributed by atoms with Crippen molar-refractivity contribution in [2.75, 3.05) is 25.4 Å². The summed E-state index contributed by atoms with van der Waals surface area (Å²) < 4.78 is 96.0. The molecule has 1 N–H and O–H groups in total. The van der Waals surface area contributed by atoms with Crippen LogP contribution in [-0.4, -0.2) is 93.1 Å². The summed E-state index contributed by atoms with van der Waals surface area (Å²) in [6, 6.07) is 10.4. The molecule has 3 fully saturated rings. The summed E-state index contributed by atoms with van der Waals surface area (Å²) in [4.78, 5) is 45.9. The number of carbonyl (C=O) groups is 3. The molecule has 6 rings (SSSR count). The number of halogens is 6. The zero-order valence-corrected chi connectivity index (χ0v) is 31.4. The van der Waals surface area contributed by atoms with E-state index in [2.05, 4.69) is 11.1 Å². The number of benzene rings is 1. The quantitative estimate of drug-likeness (QED) is 0.233. The second-order valence-corrected chi connectivity index (χ2v) is 15.8. The number of allylic oxidation sites excluding steroid dienone is 1. The van der Waals surface area contributed by atoms with Crippen LogP contribution in [0.15, 0.2) is 53.6 Å². The number of carboxylic acid groups (broad SMARTS) is 1. The molecule has 1 aromatic carbocycles. The number of pyridine rings is 1. The molecule has 56 heavy (non-hydrogen) atoms. The van der Waals surface area contributed by atoms with E-state index >= 15 is 4.79 Å². The van der Waals surface area contributed by atoms with Crippen molar-refractivity contribution in [2.24, 2.45) is 5.92 Å². The van der Waals surface area contributed by atoms with Crippen LogP contribution in [-0.2, 0) is 37.3 Å². The number of likely N-dealkylation sites (tertiary alicyclic amines) is 2. The van der Waals surface area contributed by atoms with Gasteiger partial charge in [0.2, 0.25) is 0 Å². The van der Waals surface area contributed by atoms with Crippen molar-refractivity contribution in [1.29, 1.82) is 5.26 Å². The monoisotopic (exact) mass is 808 g/mol. The number of nitrogens with zero attached hydrogens (tertiary/aromatic N) is 4. The summed E-state index contributed by atoms with van der Waals surface area (Å²) >= 11 is 0.527. The van der Waals surface area contributed by atoms with Gasteiger partial charge in [-0.05, 0) is 74.3 Å². The minimum Gasteiger partial charge on any atom is -0.481 e. The van der Waals surface area contributed by atoms with Crippen LogP contribution in [0.2, 0.25) is 0 Å². The van der Waals surface area contributed by atoms with Gasteiger partial charge in [-0.1, -0.05) is 37.6 Å². The molecule has 0 spiro atoms. The lowest BCUT2D eigenvalue weighted by Gasteiger charge is -2.51. The van der Waals surface area contributed by atoms with Gasteiger partial charge in [-0.3, -0.25) is 19.4 Å². The Morgan fingerprint density at radius 2 is 1.73 bits per heavy atom. The molecule has 1 unspecified atom stereocenters. The van der Waals surface area contributed by atoms with Gasteiger partial charge in [0.1, 0.15) is 5.69 Å². The Morgan fingerprint density at radius 3 is 2.36 bits per heavy atom. The van der Waals surface area contributed by atoms with Crippen LogP contribution in [0.5, 0.6) is 0 Å². The van der Waals surface area contributed by atoms with Gasteiger partial charge in [0.25, 0.3) is 11.8 Å². The van der Waals surface area contributed by atoms with Crippen LogP contribution in [0.25, 0.3) is 0 Å². The number of hydrogen-bond donors (Lipinski definition) is 1. The maximum atomic E-state index is 15.0. The fourth-order valence-electron chi connectivity index (χ4n) is 8.35. The van der Waals surface area contributed by atoms with E-state index in [1.165, 1.54) is 9.80 Å². The van der Waals surface area contributed by atoms with Crippen LogP contribution in [0.4, 0.5) is 26.3 Å². The summed E-state index contributed by atoms with van der Waals surface area (Å²) in [5.41, 5.74) is -3.62. The summed E-state index contributed by atoms with van der Waals surface area (Å²) in [5.74, 6) is -3.16. The molecule has 3 aliphatic heterocycles. The average molecular weight is 809 g/mol. The van der Waals surface area contributed by atoms with Crippen LogP contribution < -0.4 is 0 Å². The van der Waals surface area contributed by atoms with Crippen molar-refractivity contribution in [3.8, 4) is 6.07 Å². The lowest BCUT2D eigenvalue weighted by molar-refractivity contribution is -0.182. The smallest absolute Gasteiger partial charge is 0.422 e. The van der Waals surface area contributed by atoms with E-state index < -0.39 is 75.4 Å². The molecule has 2 saturated heterocycles. The zero-order valence-electron chi connectivity index (χ0n) is 30.6. The molecule has 0 radical (unpaired) electrons. The van der Waals surface area contributed by atoms with E-state index in [4.69, 9.17) is 9.47 Å². The standard InChI is InChI=1S/C39H42F6N4O6S/c1-2-7-30-37(55-27-20-31(56-22-27)39(43,44)45,11-6-15-49(30)33(50)32-29(38(40,41)42)10-5-14-47-32)35(53)48-16-12-36(23-46,13-17-48)28-9-4-3-8-24(28)21-54-26-18-25(19-26)34(51)52/h3-5,8-10,14,20,25-27,30H,2,6-7,11-13,15-19,21-22H2,1H3,(H,51,52)/t25?,26?,27?,30-,37+/m1/s1. The van der Waals surface area contributed by atoms with Gasteiger partial charge in [-0.2, -0.15) is 31.6 Å².